The fraction of sp³-hybridized carbons (Fsp3) is 0.903. The van der Waals surface area contributed by atoms with Gasteiger partial charge in [0, 0.05) is 12.3 Å². The Kier molecular flexibility index (Phi) is 8.44. The van der Waals surface area contributed by atoms with Crippen LogP contribution < -0.4 is 0 Å². The molecule has 0 radical (unpaired) electrons. The van der Waals surface area contributed by atoms with E-state index < -0.39 is 24.5 Å². The van der Waals surface area contributed by atoms with Crippen molar-refractivity contribution in [1.82, 2.24) is 0 Å². The Balaban J connectivity index is 1.57. The Morgan fingerprint density at radius 1 is 1.21 bits per heavy atom. The number of carbonyl (C=O) groups is 1. The fourth-order valence-corrected chi connectivity index (χ4v) is 10.7. The summed E-state index contributed by atoms with van der Waals surface area (Å²) < 4.78 is 43.2. The molecule has 9 atom stereocenters. The first kappa shape index (κ1) is 31.2. The normalized spacial score (nSPS) is 39.2. The van der Waals surface area contributed by atoms with E-state index in [4.69, 9.17) is 13.3 Å². The minimum atomic E-state index is -3.62. The maximum atomic E-state index is 12.5. The molecule has 0 aliphatic heterocycles. The second-order valence-electron chi connectivity index (χ2n) is 15.3. The van der Waals surface area contributed by atoms with Gasteiger partial charge in [0.2, 0.25) is 0 Å². The number of hydrogen-bond donors (Lipinski definition) is 0. The van der Waals surface area contributed by atoms with Gasteiger partial charge in [-0.05, 0) is 98.1 Å². The summed E-state index contributed by atoms with van der Waals surface area (Å²) in [7, 11) is -5.70. The highest BCUT2D eigenvalue weighted by Gasteiger charge is 2.70. The van der Waals surface area contributed by atoms with Gasteiger partial charge in [-0.1, -0.05) is 53.2 Å². The molecule has 0 bridgehead atoms. The molecule has 0 aromatic rings. The van der Waals surface area contributed by atoms with E-state index in [2.05, 4.69) is 60.7 Å². The molecule has 0 saturated heterocycles. The van der Waals surface area contributed by atoms with E-state index in [1.54, 1.807) is 5.57 Å². The summed E-state index contributed by atoms with van der Waals surface area (Å²) in [5.41, 5.74) is 1.61. The molecule has 0 N–H and O–H groups in total. The minimum absolute atomic E-state index is 0.0499. The molecule has 0 aromatic carbocycles. The molecule has 39 heavy (non-hydrogen) atoms. The van der Waals surface area contributed by atoms with Gasteiger partial charge in [0.15, 0.2) is 8.32 Å². The first-order chi connectivity index (χ1) is 17.8. The van der Waals surface area contributed by atoms with Crippen molar-refractivity contribution >= 4 is 24.4 Å². The van der Waals surface area contributed by atoms with Crippen molar-refractivity contribution in [1.29, 1.82) is 0 Å². The van der Waals surface area contributed by atoms with Crippen molar-refractivity contribution in [3.8, 4) is 0 Å². The Hall–Kier alpha value is -0.703. The van der Waals surface area contributed by atoms with Crippen molar-refractivity contribution in [3.05, 3.63) is 11.6 Å². The standard InChI is InChI=1S/C31H54O6SSi/c1-20(19-35-22(3)32)25-13-14-26-23(12-11-15-30(25,26)7)16-21(2)31-18-24(31)17-27(28(31)36-38(8,33)34)37-39(9,10)29(4,5)6/h16,20-21,24-28H,11-15,17-19H2,1-10H3/b23-16+/t20-,21-,24-,25-,26+,27?,28?,30?,31-/m1/s1. The highest BCUT2D eigenvalue weighted by atomic mass is 32.2. The van der Waals surface area contributed by atoms with Crippen LogP contribution in [0.25, 0.3) is 0 Å². The zero-order valence-corrected chi connectivity index (χ0v) is 27.9. The molecule has 4 rings (SSSR count). The predicted molar refractivity (Wildman–Crippen MR) is 158 cm³/mol. The van der Waals surface area contributed by atoms with E-state index in [0.717, 1.165) is 19.3 Å². The topological polar surface area (TPSA) is 78.9 Å². The number of ether oxygens (including phenoxy) is 1. The van der Waals surface area contributed by atoms with Gasteiger partial charge in [-0.25, -0.2) is 0 Å². The quantitative estimate of drug-likeness (QED) is 0.125. The Labute approximate surface area is 239 Å². The van der Waals surface area contributed by atoms with Gasteiger partial charge in [0.1, 0.15) is 6.10 Å². The Bertz CT molecular complexity index is 1080. The van der Waals surface area contributed by atoms with Gasteiger partial charge in [0.25, 0.3) is 10.1 Å². The summed E-state index contributed by atoms with van der Waals surface area (Å²) in [6.45, 7) is 20.2. The number of allylic oxidation sites excluding steroid dienone is 2. The average Bonchev–Trinajstić information content (AvgIpc) is 3.28. The largest absolute Gasteiger partial charge is 0.466 e. The SMILES string of the molecule is CC(=O)OC[C@@H](C)[C@H]1CC[C@H]2/C(=C/[C@@H](C)[C@]34C[C@H]3CC(O[Si](C)(C)C(C)(C)C)C4OS(C)(=O)=O)CCCC12C. The van der Waals surface area contributed by atoms with Gasteiger partial charge >= 0.3 is 5.97 Å². The van der Waals surface area contributed by atoms with Crippen LogP contribution in [-0.2, 0) is 28.3 Å². The molecule has 6 nitrogen and oxygen atoms in total. The van der Waals surface area contributed by atoms with Crippen molar-refractivity contribution in [2.75, 3.05) is 12.9 Å². The summed E-state index contributed by atoms with van der Waals surface area (Å²) in [6.07, 6.45) is 10.9. The summed E-state index contributed by atoms with van der Waals surface area (Å²) in [6, 6.07) is 0. The highest BCUT2D eigenvalue weighted by molar-refractivity contribution is 7.86. The molecule has 0 aromatic heterocycles. The third kappa shape index (κ3) is 5.96. The van der Waals surface area contributed by atoms with Crippen LogP contribution in [0.2, 0.25) is 18.1 Å². The first-order valence-electron chi connectivity index (χ1n) is 15.2. The van der Waals surface area contributed by atoms with Crippen LogP contribution >= 0.6 is 0 Å². The summed E-state index contributed by atoms with van der Waals surface area (Å²) in [5.74, 6) is 1.92. The summed E-state index contributed by atoms with van der Waals surface area (Å²) in [5, 5.41) is 0.0499. The highest BCUT2D eigenvalue weighted by Crippen LogP contribution is 2.70. The van der Waals surface area contributed by atoms with Gasteiger partial charge in [-0.15, -0.1) is 0 Å². The molecule has 4 saturated carbocycles. The molecule has 0 amide bonds. The van der Waals surface area contributed by atoms with Crippen molar-refractivity contribution in [2.45, 2.75) is 124 Å². The van der Waals surface area contributed by atoms with Gasteiger partial charge < -0.3 is 9.16 Å². The third-order valence-corrected chi connectivity index (χ3v) is 16.8. The van der Waals surface area contributed by atoms with Crippen molar-refractivity contribution in [3.63, 3.8) is 0 Å². The van der Waals surface area contributed by atoms with Crippen LogP contribution in [-0.4, -0.2) is 47.8 Å². The van der Waals surface area contributed by atoms with Crippen LogP contribution in [0.3, 0.4) is 0 Å². The lowest BCUT2D eigenvalue weighted by atomic mass is 9.61. The van der Waals surface area contributed by atoms with Crippen LogP contribution in [0.1, 0.15) is 93.4 Å². The monoisotopic (exact) mass is 582 g/mol. The zero-order valence-electron chi connectivity index (χ0n) is 26.1. The molecule has 3 unspecified atom stereocenters. The molecule has 8 heteroatoms. The maximum absolute atomic E-state index is 12.5. The van der Waals surface area contributed by atoms with Gasteiger partial charge in [0.05, 0.1) is 19.0 Å². The lowest BCUT2D eigenvalue weighted by Crippen LogP contribution is -2.49. The zero-order chi connectivity index (χ0) is 29.2. The molecule has 4 aliphatic rings. The molecule has 0 spiro atoms. The fourth-order valence-electron chi connectivity index (χ4n) is 8.65. The second-order valence-corrected chi connectivity index (χ2v) is 21.6. The van der Waals surface area contributed by atoms with Crippen molar-refractivity contribution in [2.24, 2.45) is 40.4 Å². The minimum Gasteiger partial charge on any atom is -0.466 e. The summed E-state index contributed by atoms with van der Waals surface area (Å²) >= 11 is 0. The number of esters is 1. The number of fused-ring (bicyclic) bond motifs is 2. The second kappa shape index (κ2) is 10.5. The van der Waals surface area contributed by atoms with Crippen LogP contribution in [0.4, 0.5) is 0 Å². The van der Waals surface area contributed by atoms with Crippen LogP contribution in [0.15, 0.2) is 11.6 Å². The lowest BCUT2D eigenvalue weighted by molar-refractivity contribution is -0.143. The average molecular weight is 583 g/mol. The molecule has 4 fully saturated rings. The van der Waals surface area contributed by atoms with E-state index in [9.17, 15) is 13.2 Å². The smallest absolute Gasteiger partial charge is 0.302 e. The molecule has 224 valence electrons. The van der Waals surface area contributed by atoms with Gasteiger partial charge in [-0.2, -0.15) is 8.42 Å². The molecular weight excluding hydrogens is 528 g/mol. The van der Waals surface area contributed by atoms with E-state index in [0.29, 0.717) is 30.3 Å². The number of hydrogen-bond acceptors (Lipinski definition) is 6. The van der Waals surface area contributed by atoms with E-state index in [-0.39, 0.29) is 33.9 Å². The van der Waals surface area contributed by atoms with E-state index in [1.807, 2.05) is 0 Å². The van der Waals surface area contributed by atoms with E-state index in [1.165, 1.54) is 38.9 Å². The molecule has 0 heterocycles. The predicted octanol–water partition coefficient (Wildman–Crippen LogP) is 7.11. The summed E-state index contributed by atoms with van der Waals surface area (Å²) in [4.78, 5) is 11.4. The first-order valence-corrected chi connectivity index (χ1v) is 19.9. The number of rotatable bonds is 9. The lowest BCUT2D eigenvalue weighted by Gasteiger charge is -2.45. The van der Waals surface area contributed by atoms with Crippen LogP contribution in [0.5, 0.6) is 0 Å². The Morgan fingerprint density at radius 3 is 2.46 bits per heavy atom. The Morgan fingerprint density at radius 2 is 1.87 bits per heavy atom. The van der Waals surface area contributed by atoms with Crippen molar-refractivity contribution < 1.29 is 26.6 Å². The maximum Gasteiger partial charge on any atom is 0.302 e. The van der Waals surface area contributed by atoms with Crippen LogP contribution in [0, 0.1) is 40.4 Å². The van der Waals surface area contributed by atoms with Gasteiger partial charge in [-0.3, -0.25) is 8.98 Å². The third-order valence-electron chi connectivity index (χ3n) is 11.7. The number of carbonyl (C=O) groups excluding carboxylic acids is 1. The van der Waals surface area contributed by atoms with E-state index >= 15 is 0 Å². The molecular formula is C31H54O6SSi. The molecule has 4 aliphatic carbocycles.